The van der Waals surface area contributed by atoms with E-state index in [9.17, 15) is 4.79 Å². The highest BCUT2D eigenvalue weighted by molar-refractivity contribution is 5.81. The van der Waals surface area contributed by atoms with Gasteiger partial charge in [0.1, 0.15) is 12.4 Å². The molecule has 1 aromatic carbocycles. The van der Waals surface area contributed by atoms with E-state index >= 15 is 0 Å². The fraction of sp³-hybridized carbons (Fsp3) is 0.611. The second-order valence-electron chi connectivity index (χ2n) is 6.49. The van der Waals surface area contributed by atoms with E-state index in [0.717, 1.165) is 30.7 Å². The van der Waals surface area contributed by atoms with E-state index in [2.05, 4.69) is 10.2 Å². The minimum absolute atomic E-state index is 0.0965. The highest BCUT2D eigenvalue weighted by Gasteiger charge is 2.26. The maximum Gasteiger partial charge on any atom is 0.237 e. The van der Waals surface area contributed by atoms with E-state index in [4.69, 9.17) is 15.2 Å². The van der Waals surface area contributed by atoms with Gasteiger partial charge in [-0.15, -0.1) is 0 Å². The molecule has 1 amide bonds. The Labute approximate surface area is 144 Å². The quantitative estimate of drug-likeness (QED) is 0.741. The fourth-order valence-corrected chi connectivity index (χ4v) is 2.69. The number of nitrogens with one attached hydrogen (secondary N) is 1. The molecule has 0 bridgehead atoms. The summed E-state index contributed by atoms with van der Waals surface area (Å²) >= 11 is 0. The Hall–Kier alpha value is -1.63. The minimum atomic E-state index is -0.464. The maximum atomic E-state index is 12.2. The number of ether oxygens (including phenoxy) is 2. The van der Waals surface area contributed by atoms with Crippen LogP contribution in [-0.4, -0.2) is 57.3 Å². The van der Waals surface area contributed by atoms with Gasteiger partial charge in [-0.1, -0.05) is 12.1 Å². The average molecular weight is 335 g/mol. The van der Waals surface area contributed by atoms with Crippen molar-refractivity contribution < 1.29 is 14.3 Å². The third kappa shape index (κ3) is 6.11. The molecule has 134 valence electrons. The van der Waals surface area contributed by atoms with Gasteiger partial charge in [0.15, 0.2) is 0 Å². The van der Waals surface area contributed by atoms with Crippen molar-refractivity contribution in [2.24, 2.45) is 11.7 Å². The molecular formula is C18H29N3O3. The molecule has 1 aliphatic heterocycles. The van der Waals surface area contributed by atoms with Crippen molar-refractivity contribution in [3.05, 3.63) is 29.8 Å². The number of benzene rings is 1. The van der Waals surface area contributed by atoms with E-state index in [0.29, 0.717) is 26.4 Å². The van der Waals surface area contributed by atoms with Crippen LogP contribution >= 0.6 is 0 Å². The topological polar surface area (TPSA) is 76.8 Å². The van der Waals surface area contributed by atoms with E-state index in [1.54, 1.807) is 0 Å². The van der Waals surface area contributed by atoms with Crippen molar-refractivity contribution in [2.75, 3.05) is 40.5 Å². The summed E-state index contributed by atoms with van der Waals surface area (Å²) in [6.45, 7) is 3.34. The molecule has 3 N–H and O–H groups in total. The zero-order valence-electron chi connectivity index (χ0n) is 14.7. The summed E-state index contributed by atoms with van der Waals surface area (Å²) in [4.78, 5) is 14.3. The molecule has 0 spiro atoms. The lowest BCUT2D eigenvalue weighted by molar-refractivity contribution is -0.124. The molecule has 24 heavy (non-hydrogen) atoms. The molecule has 1 heterocycles. The van der Waals surface area contributed by atoms with Gasteiger partial charge in [0.25, 0.3) is 0 Å². The van der Waals surface area contributed by atoms with Crippen molar-refractivity contribution in [1.82, 2.24) is 10.2 Å². The predicted molar refractivity (Wildman–Crippen MR) is 93.9 cm³/mol. The second kappa shape index (κ2) is 9.61. The molecule has 2 rings (SSSR count). The van der Waals surface area contributed by atoms with Gasteiger partial charge in [0, 0.05) is 26.3 Å². The van der Waals surface area contributed by atoms with Crippen LogP contribution in [0.15, 0.2) is 24.3 Å². The van der Waals surface area contributed by atoms with Crippen LogP contribution in [0.5, 0.6) is 5.75 Å². The van der Waals surface area contributed by atoms with Gasteiger partial charge in [-0.25, -0.2) is 0 Å². The van der Waals surface area contributed by atoms with Gasteiger partial charge in [-0.3, -0.25) is 4.79 Å². The number of hydrogen-bond donors (Lipinski definition) is 2. The summed E-state index contributed by atoms with van der Waals surface area (Å²) in [5.41, 5.74) is 7.09. The molecule has 1 atom stereocenters. The number of amides is 1. The molecule has 6 heteroatoms. The summed E-state index contributed by atoms with van der Waals surface area (Å²) in [6, 6.07) is 7.32. The number of likely N-dealkylation sites (N-methyl/N-ethyl adjacent to an activating group) is 1. The van der Waals surface area contributed by atoms with Crippen LogP contribution in [-0.2, 0) is 16.1 Å². The van der Waals surface area contributed by atoms with Gasteiger partial charge >= 0.3 is 0 Å². The molecule has 1 aromatic rings. The Kier molecular flexibility index (Phi) is 7.49. The standard InChI is InChI=1S/C18H29N3O3/c1-21(2)8-11-24-16-5-3-4-14(12-16)13-20-18(22)17(19)15-6-9-23-10-7-15/h3-5,12,15,17H,6-11,13,19H2,1-2H3,(H,20,22). The van der Waals surface area contributed by atoms with Gasteiger partial charge in [-0.05, 0) is 50.6 Å². The smallest absolute Gasteiger partial charge is 0.237 e. The van der Waals surface area contributed by atoms with Crippen molar-refractivity contribution in [3.63, 3.8) is 0 Å². The zero-order valence-corrected chi connectivity index (χ0v) is 14.7. The Bertz CT molecular complexity index is 516. The second-order valence-corrected chi connectivity index (χ2v) is 6.49. The van der Waals surface area contributed by atoms with Gasteiger partial charge in [0.05, 0.1) is 6.04 Å². The molecule has 0 aromatic heterocycles. The third-order valence-corrected chi connectivity index (χ3v) is 4.25. The fourth-order valence-electron chi connectivity index (χ4n) is 2.69. The first-order valence-electron chi connectivity index (χ1n) is 8.54. The van der Waals surface area contributed by atoms with Crippen molar-refractivity contribution in [2.45, 2.75) is 25.4 Å². The first-order chi connectivity index (χ1) is 11.6. The van der Waals surface area contributed by atoms with Crippen LogP contribution in [0.4, 0.5) is 0 Å². The number of rotatable bonds is 8. The Morgan fingerprint density at radius 2 is 2.17 bits per heavy atom. The van der Waals surface area contributed by atoms with E-state index < -0.39 is 6.04 Å². The zero-order chi connectivity index (χ0) is 17.4. The van der Waals surface area contributed by atoms with Crippen LogP contribution in [0.1, 0.15) is 18.4 Å². The van der Waals surface area contributed by atoms with E-state index in [1.807, 2.05) is 38.4 Å². The number of nitrogens with zero attached hydrogens (tertiary/aromatic N) is 1. The van der Waals surface area contributed by atoms with Gasteiger partial charge in [-0.2, -0.15) is 0 Å². The van der Waals surface area contributed by atoms with Gasteiger partial charge < -0.3 is 25.4 Å². The lowest BCUT2D eigenvalue weighted by Gasteiger charge is -2.26. The minimum Gasteiger partial charge on any atom is -0.492 e. The van der Waals surface area contributed by atoms with E-state index in [-0.39, 0.29) is 11.8 Å². The van der Waals surface area contributed by atoms with Gasteiger partial charge in [0.2, 0.25) is 5.91 Å². The van der Waals surface area contributed by atoms with Crippen molar-refractivity contribution in [1.29, 1.82) is 0 Å². The monoisotopic (exact) mass is 335 g/mol. The lowest BCUT2D eigenvalue weighted by Crippen LogP contribution is -2.46. The molecule has 0 aliphatic carbocycles. The average Bonchev–Trinajstić information content (AvgIpc) is 2.60. The highest BCUT2D eigenvalue weighted by Crippen LogP contribution is 2.18. The van der Waals surface area contributed by atoms with Crippen LogP contribution in [0, 0.1) is 5.92 Å². The number of carbonyl (C=O) groups excluding carboxylic acids is 1. The van der Waals surface area contributed by atoms with Crippen molar-refractivity contribution >= 4 is 5.91 Å². The molecule has 1 fully saturated rings. The molecule has 1 aliphatic rings. The highest BCUT2D eigenvalue weighted by atomic mass is 16.5. The molecule has 6 nitrogen and oxygen atoms in total. The molecule has 1 saturated heterocycles. The predicted octanol–water partition coefficient (Wildman–Crippen LogP) is 0.997. The lowest BCUT2D eigenvalue weighted by atomic mass is 9.92. The summed E-state index contributed by atoms with van der Waals surface area (Å²) < 4.78 is 11.0. The summed E-state index contributed by atoms with van der Waals surface area (Å²) in [6.07, 6.45) is 1.70. The first kappa shape index (κ1) is 18.7. The Balaban J connectivity index is 1.79. The summed E-state index contributed by atoms with van der Waals surface area (Å²) in [5.74, 6) is 0.928. The van der Waals surface area contributed by atoms with Crippen LogP contribution in [0.25, 0.3) is 0 Å². The Morgan fingerprint density at radius 3 is 2.88 bits per heavy atom. The molecule has 0 radical (unpaired) electrons. The summed E-state index contributed by atoms with van der Waals surface area (Å²) in [7, 11) is 4.02. The van der Waals surface area contributed by atoms with Crippen LogP contribution in [0.3, 0.4) is 0 Å². The SMILES string of the molecule is CN(C)CCOc1cccc(CNC(=O)C(N)C2CCOCC2)c1. The van der Waals surface area contributed by atoms with E-state index in [1.165, 1.54) is 0 Å². The number of nitrogens with two attached hydrogens (primary N) is 1. The van der Waals surface area contributed by atoms with Crippen molar-refractivity contribution in [3.8, 4) is 5.75 Å². The summed E-state index contributed by atoms with van der Waals surface area (Å²) in [5, 5.41) is 2.93. The molecule has 1 unspecified atom stereocenters. The first-order valence-corrected chi connectivity index (χ1v) is 8.54. The largest absolute Gasteiger partial charge is 0.492 e. The third-order valence-electron chi connectivity index (χ3n) is 4.25. The maximum absolute atomic E-state index is 12.2. The number of hydrogen-bond acceptors (Lipinski definition) is 5. The van der Waals surface area contributed by atoms with Crippen LogP contribution < -0.4 is 15.8 Å². The molecular weight excluding hydrogens is 306 g/mol. The normalized spacial score (nSPS) is 16.8. The Morgan fingerprint density at radius 1 is 1.42 bits per heavy atom. The number of carbonyl (C=O) groups is 1. The van der Waals surface area contributed by atoms with Crippen LogP contribution in [0.2, 0.25) is 0 Å². The molecule has 0 saturated carbocycles.